The summed E-state index contributed by atoms with van der Waals surface area (Å²) in [5.41, 5.74) is 1.60. The van der Waals surface area contributed by atoms with Crippen molar-refractivity contribution in [3.05, 3.63) is 95.1 Å². The number of phosphoric acid groups is 1. The number of nitrogens with zero attached hydrogens (tertiary/aromatic N) is 1. The third kappa shape index (κ3) is 4.49. The van der Waals surface area contributed by atoms with Gasteiger partial charge < -0.3 is 14.4 Å². The van der Waals surface area contributed by atoms with Crippen molar-refractivity contribution in [2.45, 2.75) is 74.9 Å². The van der Waals surface area contributed by atoms with Crippen LogP contribution in [0.1, 0.15) is 54.4 Å². The van der Waals surface area contributed by atoms with Crippen LogP contribution in [0.2, 0.25) is 0 Å². The Labute approximate surface area is 251 Å². The standard InChI is InChI=1S/C34H36NO7P/c36-27-15-16-34(37)29-19-26-13-14-28(31-30(26)33(34,32(27)41-31)17-18-35(29)20-23-11-12-23)42-43(38,39-21-24-7-3-1-4-8-24)40-22-25-9-5-2-6-10-25/h1-10,13-14,23,29,32,37H,11-12,15-22H2/t29-,32+,33+,34-/m1/s1. The predicted octanol–water partition coefficient (Wildman–Crippen LogP) is 5.74. The van der Waals surface area contributed by atoms with Crippen LogP contribution in [0.15, 0.2) is 72.8 Å². The van der Waals surface area contributed by atoms with Gasteiger partial charge in [-0.2, -0.15) is 0 Å². The van der Waals surface area contributed by atoms with E-state index in [1.54, 1.807) is 6.07 Å². The van der Waals surface area contributed by atoms with Crippen LogP contribution in [0.4, 0.5) is 0 Å². The lowest BCUT2D eigenvalue weighted by Crippen LogP contribution is -2.76. The Morgan fingerprint density at radius 2 is 1.60 bits per heavy atom. The molecule has 3 aromatic carbocycles. The molecule has 4 atom stereocenters. The number of Topliss-reactive ketones (excluding diaryl/α,β-unsaturated/α-hetero) is 1. The Balaban J connectivity index is 1.16. The lowest BCUT2D eigenvalue weighted by molar-refractivity contribution is -0.188. The number of ether oxygens (including phenoxy) is 1. The average Bonchev–Trinajstić information content (AvgIpc) is 3.77. The van der Waals surface area contributed by atoms with Crippen molar-refractivity contribution in [2.75, 3.05) is 13.1 Å². The van der Waals surface area contributed by atoms with E-state index in [-0.39, 0.29) is 37.2 Å². The second-order valence-corrected chi connectivity index (χ2v) is 14.3. The van der Waals surface area contributed by atoms with Gasteiger partial charge in [-0.25, -0.2) is 4.57 Å². The van der Waals surface area contributed by atoms with Crippen molar-refractivity contribution in [1.82, 2.24) is 4.90 Å². The minimum Gasteiger partial charge on any atom is -0.477 e. The molecule has 0 amide bonds. The fourth-order valence-corrected chi connectivity index (χ4v) is 9.17. The molecule has 0 radical (unpaired) electrons. The van der Waals surface area contributed by atoms with Gasteiger partial charge in [-0.1, -0.05) is 66.7 Å². The maximum Gasteiger partial charge on any atom is 0.530 e. The summed E-state index contributed by atoms with van der Waals surface area (Å²) in [6.07, 6.45) is 3.68. The molecule has 5 aliphatic rings. The topological polar surface area (TPSA) is 94.5 Å². The van der Waals surface area contributed by atoms with Gasteiger partial charge in [0.05, 0.1) is 24.2 Å². The number of phosphoric ester groups is 1. The zero-order valence-corrected chi connectivity index (χ0v) is 24.9. The van der Waals surface area contributed by atoms with Crippen LogP contribution in [0.3, 0.4) is 0 Å². The smallest absolute Gasteiger partial charge is 0.477 e. The molecule has 0 unspecified atom stereocenters. The maximum absolute atomic E-state index is 14.3. The van der Waals surface area contributed by atoms with Crippen molar-refractivity contribution >= 4 is 13.6 Å². The molecule has 1 spiro atoms. The van der Waals surface area contributed by atoms with Crippen LogP contribution < -0.4 is 9.26 Å². The van der Waals surface area contributed by atoms with Gasteiger partial charge >= 0.3 is 7.82 Å². The van der Waals surface area contributed by atoms with E-state index in [1.807, 2.05) is 66.7 Å². The van der Waals surface area contributed by atoms with Gasteiger partial charge in [-0.3, -0.25) is 18.7 Å². The highest BCUT2D eigenvalue weighted by atomic mass is 31.2. The van der Waals surface area contributed by atoms with Crippen LogP contribution in [-0.2, 0) is 43.5 Å². The summed E-state index contributed by atoms with van der Waals surface area (Å²) >= 11 is 0. The number of piperidine rings is 1. The van der Waals surface area contributed by atoms with Crippen molar-refractivity contribution < 1.29 is 32.8 Å². The highest BCUT2D eigenvalue weighted by Gasteiger charge is 2.73. The van der Waals surface area contributed by atoms with Gasteiger partial charge in [-0.15, -0.1) is 0 Å². The summed E-state index contributed by atoms with van der Waals surface area (Å²) in [5, 5.41) is 12.6. The zero-order chi connectivity index (χ0) is 29.2. The quantitative estimate of drug-likeness (QED) is 0.294. The molecular formula is C34H36NO7P. The Hall–Kier alpha value is -3.00. The molecule has 1 N–H and O–H groups in total. The van der Waals surface area contributed by atoms with Crippen LogP contribution in [-0.4, -0.2) is 46.6 Å². The van der Waals surface area contributed by atoms with Gasteiger partial charge in [0.2, 0.25) is 0 Å². The number of ketones is 1. The zero-order valence-electron chi connectivity index (χ0n) is 24.0. The Morgan fingerprint density at radius 1 is 0.930 bits per heavy atom. The van der Waals surface area contributed by atoms with E-state index in [1.165, 1.54) is 12.8 Å². The largest absolute Gasteiger partial charge is 0.530 e. The first-order chi connectivity index (χ1) is 20.9. The summed E-state index contributed by atoms with van der Waals surface area (Å²) in [5.74, 6) is 1.29. The van der Waals surface area contributed by atoms with Gasteiger partial charge in [-0.05, 0) is 67.3 Å². The average molecular weight is 602 g/mol. The van der Waals surface area contributed by atoms with E-state index in [2.05, 4.69) is 4.90 Å². The predicted molar refractivity (Wildman–Crippen MR) is 159 cm³/mol. The molecule has 3 aliphatic carbocycles. The summed E-state index contributed by atoms with van der Waals surface area (Å²) in [6, 6.07) is 22.5. The van der Waals surface area contributed by atoms with E-state index in [0.717, 1.165) is 35.3 Å². The number of likely N-dealkylation sites (tertiary alicyclic amines) is 1. The minimum atomic E-state index is -4.17. The fraction of sp³-hybridized carbons (Fsp3) is 0.441. The first-order valence-corrected chi connectivity index (χ1v) is 16.8. The SMILES string of the molecule is O=C1CC[C@@]2(O)[C@H]3Cc4ccc(OP(=O)(OCc5ccccc5)OCc5ccccc5)c5c4[C@@]2(CCN3CC2CC2)[C@H]1O5. The summed E-state index contributed by atoms with van der Waals surface area (Å²) in [4.78, 5) is 15.9. The Morgan fingerprint density at radius 3 is 2.26 bits per heavy atom. The first kappa shape index (κ1) is 27.5. The number of aliphatic hydroxyl groups is 1. The molecular weight excluding hydrogens is 565 g/mol. The highest BCUT2D eigenvalue weighted by Crippen LogP contribution is 2.66. The van der Waals surface area contributed by atoms with E-state index >= 15 is 0 Å². The van der Waals surface area contributed by atoms with Gasteiger partial charge in [0.15, 0.2) is 23.4 Å². The lowest BCUT2D eigenvalue weighted by Gasteiger charge is -2.62. The highest BCUT2D eigenvalue weighted by molar-refractivity contribution is 7.48. The van der Waals surface area contributed by atoms with E-state index in [0.29, 0.717) is 30.9 Å². The molecule has 8 rings (SSSR count). The van der Waals surface area contributed by atoms with E-state index in [9.17, 15) is 14.5 Å². The number of carbonyl (C=O) groups excluding carboxylic acids is 1. The molecule has 43 heavy (non-hydrogen) atoms. The Kier molecular flexibility index (Phi) is 6.59. The monoisotopic (exact) mass is 601 g/mol. The van der Waals surface area contributed by atoms with Crippen LogP contribution in [0, 0.1) is 5.92 Å². The second-order valence-electron chi connectivity index (χ2n) is 12.8. The molecule has 8 nitrogen and oxygen atoms in total. The Bertz CT molecular complexity index is 1550. The first-order valence-electron chi connectivity index (χ1n) is 15.4. The molecule has 0 aromatic heterocycles. The van der Waals surface area contributed by atoms with Gasteiger partial charge in [0.25, 0.3) is 0 Å². The third-order valence-electron chi connectivity index (χ3n) is 10.2. The summed E-state index contributed by atoms with van der Waals surface area (Å²) in [7, 11) is -4.17. The third-order valence-corrected chi connectivity index (χ3v) is 11.5. The molecule has 3 aromatic rings. The van der Waals surface area contributed by atoms with Crippen molar-refractivity contribution in [1.29, 1.82) is 0 Å². The molecule has 2 heterocycles. The molecule has 9 heteroatoms. The normalized spacial score (nSPS) is 29.2. The molecule has 224 valence electrons. The van der Waals surface area contributed by atoms with E-state index < -0.39 is 24.9 Å². The van der Waals surface area contributed by atoms with Gasteiger partial charge in [0, 0.05) is 24.6 Å². The number of carbonyl (C=O) groups is 1. The number of hydrogen-bond acceptors (Lipinski definition) is 8. The molecule has 2 aliphatic heterocycles. The van der Waals surface area contributed by atoms with Gasteiger partial charge in [0.1, 0.15) is 0 Å². The summed E-state index contributed by atoms with van der Waals surface area (Å²) < 4.78 is 38.7. The van der Waals surface area contributed by atoms with Crippen molar-refractivity contribution in [2.24, 2.45) is 5.92 Å². The number of benzene rings is 3. The molecule has 2 saturated carbocycles. The number of hydrogen-bond donors (Lipinski definition) is 1. The van der Waals surface area contributed by atoms with Crippen LogP contribution in [0.5, 0.6) is 11.5 Å². The second kappa shape index (κ2) is 10.3. The summed E-state index contributed by atoms with van der Waals surface area (Å²) in [6.45, 7) is 1.85. The molecule has 2 bridgehead atoms. The van der Waals surface area contributed by atoms with Crippen molar-refractivity contribution in [3.8, 4) is 11.5 Å². The molecule has 3 fully saturated rings. The van der Waals surface area contributed by atoms with Crippen LogP contribution >= 0.6 is 7.82 Å². The number of rotatable bonds is 10. The minimum absolute atomic E-state index is 0.00194. The molecule has 1 saturated heterocycles. The lowest BCUT2D eigenvalue weighted by atomic mass is 9.49. The maximum atomic E-state index is 14.3. The fourth-order valence-electron chi connectivity index (χ4n) is 7.99. The van der Waals surface area contributed by atoms with Crippen molar-refractivity contribution in [3.63, 3.8) is 0 Å². The van der Waals surface area contributed by atoms with E-state index in [4.69, 9.17) is 18.3 Å². The van der Waals surface area contributed by atoms with Crippen LogP contribution in [0.25, 0.3) is 0 Å².